The molecule has 6 nitrogen and oxygen atoms in total. The van der Waals surface area contributed by atoms with Crippen molar-refractivity contribution in [2.75, 3.05) is 7.11 Å². The molecule has 122 valence electrons. The molecule has 2 N–H and O–H groups in total. The SMILES string of the molecule is COc1cccc(/C=N/n2c(-c3ccccc3C)n[nH]c2=S)c1O. The number of nitrogens with one attached hydrogen (secondary N) is 1. The molecule has 0 radical (unpaired) electrons. The molecule has 0 saturated heterocycles. The number of aromatic amines is 1. The Labute approximate surface area is 144 Å². The number of nitrogens with zero attached hydrogens (tertiary/aromatic N) is 3. The van der Waals surface area contributed by atoms with E-state index < -0.39 is 0 Å². The molecule has 3 rings (SSSR count). The fourth-order valence-corrected chi connectivity index (χ4v) is 2.50. The summed E-state index contributed by atoms with van der Waals surface area (Å²) in [5.41, 5.74) is 2.51. The minimum atomic E-state index is 0.0243. The van der Waals surface area contributed by atoms with Crippen LogP contribution in [-0.2, 0) is 0 Å². The van der Waals surface area contributed by atoms with Crippen LogP contribution in [0.25, 0.3) is 11.4 Å². The number of hydrogen-bond donors (Lipinski definition) is 2. The van der Waals surface area contributed by atoms with Gasteiger partial charge in [-0.1, -0.05) is 30.3 Å². The summed E-state index contributed by atoms with van der Waals surface area (Å²) in [6.45, 7) is 2.00. The highest BCUT2D eigenvalue weighted by Crippen LogP contribution is 2.28. The predicted octanol–water partition coefficient (Wildman–Crippen LogP) is 3.51. The molecule has 1 aromatic heterocycles. The zero-order valence-corrected chi connectivity index (χ0v) is 14.0. The Bertz CT molecular complexity index is 959. The van der Waals surface area contributed by atoms with Gasteiger partial charge in [-0.25, -0.2) is 5.10 Å². The largest absolute Gasteiger partial charge is 0.504 e. The molecule has 0 spiro atoms. The molecular formula is C17H16N4O2S. The molecule has 0 amide bonds. The molecule has 0 unspecified atom stereocenters. The first-order valence-corrected chi connectivity index (χ1v) is 7.66. The number of aromatic nitrogens is 3. The maximum absolute atomic E-state index is 10.1. The summed E-state index contributed by atoms with van der Waals surface area (Å²) < 4.78 is 6.99. The van der Waals surface area contributed by atoms with Crippen LogP contribution in [0.5, 0.6) is 11.5 Å². The predicted molar refractivity (Wildman–Crippen MR) is 95.2 cm³/mol. The van der Waals surface area contributed by atoms with Crippen molar-refractivity contribution in [3.8, 4) is 22.9 Å². The number of hydrogen-bond acceptors (Lipinski definition) is 5. The number of phenolic OH excluding ortho intramolecular Hbond substituents is 1. The van der Waals surface area contributed by atoms with Crippen LogP contribution in [0.15, 0.2) is 47.6 Å². The van der Waals surface area contributed by atoms with Crippen molar-refractivity contribution in [2.45, 2.75) is 6.92 Å². The van der Waals surface area contributed by atoms with E-state index in [1.165, 1.54) is 18.0 Å². The first-order chi connectivity index (χ1) is 11.6. The monoisotopic (exact) mass is 340 g/mol. The van der Waals surface area contributed by atoms with E-state index in [1.54, 1.807) is 18.2 Å². The van der Waals surface area contributed by atoms with Crippen LogP contribution in [0.2, 0.25) is 0 Å². The van der Waals surface area contributed by atoms with E-state index in [-0.39, 0.29) is 5.75 Å². The van der Waals surface area contributed by atoms with Crippen molar-refractivity contribution < 1.29 is 9.84 Å². The van der Waals surface area contributed by atoms with E-state index in [9.17, 15) is 5.11 Å². The number of H-pyrrole nitrogens is 1. The Morgan fingerprint density at radius 2 is 2.04 bits per heavy atom. The highest BCUT2D eigenvalue weighted by atomic mass is 32.1. The minimum absolute atomic E-state index is 0.0243. The summed E-state index contributed by atoms with van der Waals surface area (Å²) in [5.74, 6) is 1.02. The van der Waals surface area contributed by atoms with Gasteiger partial charge >= 0.3 is 0 Å². The third-order valence-corrected chi connectivity index (χ3v) is 3.86. The highest BCUT2D eigenvalue weighted by Gasteiger charge is 2.11. The van der Waals surface area contributed by atoms with Crippen LogP contribution >= 0.6 is 12.2 Å². The zero-order valence-electron chi connectivity index (χ0n) is 13.2. The zero-order chi connectivity index (χ0) is 17.1. The molecule has 0 aliphatic rings. The van der Waals surface area contributed by atoms with E-state index in [4.69, 9.17) is 17.0 Å². The van der Waals surface area contributed by atoms with Crippen molar-refractivity contribution >= 4 is 18.4 Å². The van der Waals surface area contributed by atoms with Crippen LogP contribution in [0.1, 0.15) is 11.1 Å². The second-order valence-electron chi connectivity index (χ2n) is 5.12. The average Bonchev–Trinajstić information content (AvgIpc) is 2.95. The number of aromatic hydroxyl groups is 1. The van der Waals surface area contributed by atoms with Gasteiger partial charge in [0.15, 0.2) is 17.3 Å². The molecule has 0 saturated carbocycles. The number of rotatable bonds is 4. The Balaban J connectivity index is 2.05. The van der Waals surface area contributed by atoms with E-state index in [1.807, 2.05) is 31.2 Å². The molecule has 0 fully saturated rings. The summed E-state index contributed by atoms with van der Waals surface area (Å²) in [6.07, 6.45) is 1.52. The number of methoxy groups -OCH3 is 1. The Kier molecular flexibility index (Phi) is 4.43. The Morgan fingerprint density at radius 1 is 1.25 bits per heavy atom. The molecular weight excluding hydrogens is 324 g/mol. The fraction of sp³-hybridized carbons (Fsp3) is 0.118. The lowest BCUT2D eigenvalue weighted by molar-refractivity contribution is 0.373. The quantitative estimate of drug-likeness (QED) is 0.563. The third-order valence-electron chi connectivity index (χ3n) is 3.60. The number of benzene rings is 2. The summed E-state index contributed by atoms with van der Waals surface area (Å²) >= 11 is 5.26. The van der Waals surface area contributed by atoms with Crippen LogP contribution < -0.4 is 4.74 Å². The van der Waals surface area contributed by atoms with Crippen LogP contribution in [0.3, 0.4) is 0 Å². The van der Waals surface area contributed by atoms with Crippen molar-refractivity contribution in [2.24, 2.45) is 5.10 Å². The highest BCUT2D eigenvalue weighted by molar-refractivity contribution is 7.71. The Hall–Kier alpha value is -2.93. The topological polar surface area (TPSA) is 75.4 Å². The summed E-state index contributed by atoms with van der Waals surface area (Å²) in [4.78, 5) is 0. The molecule has 2 aromatic carbocycles. The van der Waals surface area contributed by atoms with E-state index in [0.29, 0.717) is 21.9 Å². The summed E-state index contributed by atoms with van der Waals surface area (Å²) in [5, 5.41) is 21.5. The van der Waals surface area contributed by atoms with Gasteiger partial charge in [0.2, 0.25) is 4.77 Å². The summed E-state index contributed by atoms with van der Waals surface area (Å²) in [6, 6.07) is 13.0. The molecule has 3 aromatic rings. The van der Waals surface area contributed by atoms with Crippen LogP contribution in [0, 0.1) is 11.7 Å². The van der Waals surface area contributed by atoms with Crippen molar-refractivity contribution in [3.63, 3.8) is 0 Å². The smallest absolute Gasteiger partial charge is 0.216 e. The van der Waals surface area contributed by atoms with E-state index in [2.05, 4.69) is 15.3 Å². The maximum atomic E-state index is 10.1. The first kappa shape index (κ1) is 15.9. The van der Waals surface area contributed by atoms with Crippen LogP contribution in [-0.4, -0.2) is 33.3 Å². The van der Waals surface area contributed by atoms with Gasteiger partial charge in [-0.05, 0) is 36.8 Å². The van der Waals surface area contributed by atoms with E-state index >= 15 is 0 Å². The molecule has 1 heterocycles. The second-order valence-corrected chi connectivity index (χ2v) is 5.51. The fourth-order valence-electron chi connectivity index (χ4n) is 2.33. The van der Waals surface area contributed by atoms with Crippen LogP contribution in [0.4, 0.5) is 0 Å². The molecule has 0 bridgehead atoms. The van der Waals surface area contributed by atoms with Gasteiger partial charge in [-0.15, -0.1) is 0 Å². The van der Waals surface area contributed by atoms with Gasteiger partial charge in [-0.2, -0.15) is 14.9 Å². The van der Waals surface area contributed by atoms with Gasteiger partial charge in [0.05, 0.1) is 13.3 Å². The van der Waals surface area contributed by atoms with Crippen molar-refractivity contribution in [1.29, 1.82) is 0 Å². The normalized spacial score (nSPS) is 11.1. The number of aryl methyl sites for hydroxylation is 1. The summed E-state index contributed by atoms with van der Waals surface area (Å²) in [7, 11) is 1.50. The van der Waals surface area contributed by atoms with Crippen molar-refractivity contribution in [3.05, 3.63) is 58.4 Å². The number of para-hydroxylation sites is 1. The molecule has 24 heavy (non-hydrogen) atoms. The Morgan fingerprint density at radius 3 is 2.79 bits per heavy atom. The minimum Gasteiger partial charge on any atom is -0.504 e. The maximum Gasteiger partial charge on any atom is 0.216 e. The molecule has 0 atom stereocenters. The second kappa shape index (κ2) is 6.67. The lowest BCUT2D eigenvalue weighted by atomic mass is 10.1. The lowest BCUT2D eigenvalue weighted by Crippen LogP contribution is -1.97. The standard InChI is InChI=1S/C17H16N4O2S/c1-11-6-3-4-8-13(11)16-19-20-17(24)21(16)18-10-12-7-5-9-14(23-2)15(12)22/h3-10,22H,1-2H3,(H,20,24)/b18-10+. The van der Waals surface area contributed by atoms with Gasteiger partial charge < -0.3 is 9.84 Å². The molecule has 0 aliphatic heterocycles. The van der Waals surface area contributed by atoms with Gasteiger partial charge in [0.1, 0.15) is 0 Å². The molecule has 7 heteroatoms. The van der Waals surface area contributed by atoms with Crippen molar-refractivity contribution in [1.82, 2.24) is 14.9 Å². The number of phenols is 1. The third kappa shape index (κ3) is 2.93. The first-order valence-electron chi connectivity index (χ1n) is 7.25. The molecule has 0 aliphatic carbocycles. The van der Waals surface area contributed by atoms with Gasteiger partial charge in [-0.3, -0.25) is 0 Å². The van der Waals surface area contributed by atoms with Gasteiger partial charge in [0, 0.05) is 11.1 Å². The van der Waals surface area contributed by atoms with Gasteiger partial charge in [0.25, 0.3) is 0 Å². The average molecular weight is 340 g/mol. The van der Waals surface area contributed by atoms with E-state index in [0.717, 1.165) is 11.1 Å². The lowest BCUT2D eigenvalue weighted by Gasteiger charge is -2.06. The number of ether oxygens (including phenoxy) is 1.